The number of nitrogens with two attached hydrogens (primary N) is 1. The Morgan fingerprint density at radius 3 is 2.68 bits per heavy atom. The van der Waals surface area contributed by atoms with Crippen molar-refractivity contribution < 1.29 is 4.74 Å². The maximum atomic E-state index is 5.75. The molecule has 4 heteroatoms. The summed E-state index contributed by atoms with van der Waals surface area (Å²) in [5, 5.41) is 0. The maximum Gasteiger partial charge on any atom is 0.141 e. The van der Waals surface area contributed by atoms with Crippen molar-refractivity contribution in [1.82, 2.24) is 9.55 Å². The van der Waals surface area contributed by atoms with Crippen LogP contribution in [-0.2, 0) is 6.54 Å². The van der Waals surface area contributed by atoms with Gasteiger partial charge in [0.1, 0.15) is 11.6 Å². The van der Waals surface area contributed by atoms with Crippen LogP contribution in [0.2, 0.25) is 0 Å². The molecular weight excluding hydrogens is 274 g/mol. The number of hydrogen-bond acceptors (Lipinski definition) is 3. The Balaban J connectivity index is 2.17. The van der Waals surface area contributed by atoms with Crippen LogP contribution in [0.25, 0.3) is 22.4 Å². The van der Waals surface area contributed by atoms with Crippen molar-refractivity contribution in [3.8, 4) is 29.5 Å². The molecule has 4 nitrogen and oxygen atoms in total. The van der Waals surface area contributed by atoms with Gasteiger partial charge in [0, 0.05) is 17.3 Å². The molecule has 0 bridgehead atoms. The predicted octanol–water partition coefficient (Wildman–Crippen LogP) is 3.32. The molecule has 2 aromatic carbocycles. The van der Waals surface area contributed by atoms with Gasteiger partial charge < -0.3 is 15.0 Å². The number of ether oxygens (including phenoxy) is 1. The molecule has 22 heavy (non-hydrogen) atoms. The van der Waals surface area contributed by atoms with Crippen molar-refractivity contribution in [2.75, 3.05) is 12.3 Å². The average Bonchev–Trinajstić information content (AvgIpc) is 2.87. The summed E-state index contributed by atoms with van der Waals surface area (Å²) in [6.07, 6.45) is 5.52. The van der Waals surface area contributed by atoms with Gasteiger partial charge in [0.2, 0.25) is 0 Å². The molecule has 0 saturated carbocycles. The average molecular weight is 291 g/mol. The third kappa shape index (κ3) is 2.49. The molecule has 2 N–H and O–H groups in total. The van der Waals surface area contributed by atoms with E-state index in [1.165, 1.54) is 0 Å². The second kappa shape index (κ2) is 5.82. The van der Waals surface area contributed by atoms with E-state index in [0.29, 0.717) is 13.2 Å². The monoisotopic (exact) mass is 291 g/mol. The Labute approximate surface area is 129 Å². The van der Waals surface area contributed by atoms with Crippen molar-refractivity contribution in [3.63, 3.8) is 0 Å². The van der Waals surface area contributed by atoms with Crippen LogP contribution in [-0.4, -0.2) is 16.2 Å². The molecule has 1 heterocycles. The fourth-order valence-corrected chi connectivity index (χ4v) is 2.47. The van der Waals surface area contributed by atoms with Gasteiger partial charge in [0.15, 0.2) is 0 Å². The van der Waals surface area contributed by atoms with E-state index in [2.05, 4.69) is 5.92 Å². The number of aromatic nitrogens is 2. The van der Waals surface area contributed by atoms with E-state index in [4.69, 9.17) is 21.9 Å². The highest BCUT2D eigenvalue weighted by molar-refractivity contribution is 5.82. The molecular formula is C18H17N3O. The minimum Gasteiger partial charge on any atom is -0.494 e. The van der Waals surface area contributed by atoms with Crippen molar-refractivity contribution in [2.24, 2.45) is 0 Å². The molecule has 0 radical (unpaired) electrons. The SMILES string of the molecule is C#CCn1c(-c2ccc(N)cc2)nc2cc(OCC)ccc21. The lowest BCUT2D eigenvalue weighted by Crippen LogP contribution is -1.99. The van der Waals surface area contributed by atoms with E-state index in [1.54, 1.807) is 0 Å². The van der Waals surface area contributed by atoms with Gasteiger partial charge in [0.05, 0.1) is 24.2 Å². The van der Waals surface area contributed by atoms with E-state index >= 15 is 0 Å². The summed E-state index contributed by atoms with van der Waals surface area (Å²) in [6, 6.07) is 13.5. The number of anilines is 1. The normalized spacial score (nSPS) is 10.5. The zero-order valence-corrected chi connectivity index (χ0v) is 12.4. The number of nitrogen functional groups attached to an aromatic ring is 1. The van der Waals surface area contributed by atoms with Gasteiger partial charge >= 0.3 is 0 Å². The summed E-state index contributed by atoms with van der Waals surface area (Å²) < 4.78 is 7.56. The highest BCUT2D eigenvalue weighted by Gasteiger charge is 2.12. The van der Waals surface area contributed by atoms with E-state index in [9.17, 15) is 0 Å². The van der Waals surface area contributed by atoms with Gasteiger partial charge in [-0.1, -0.05) is 5.92 Å². The third-order valence-corrected chi connectivity index (χ3v) is 3.45. The summed E-state index contributed by atoms with van der Waals surface area (Å²) in [6.45, 7) is 3.05. The number of fused-ring (bicyclic) bond motifs is 1. The molecule has 0 amide bonds. The molecule has 110 valence electrons. The highest BCUT2D eigenvalue weighted by Crippen LogP contribution is 2.28. The van der Waals surface area contributed by atoms with Gasteiger partial charge in [0.25, 0.3) is 0 Å². The first kappa shape index (κ1) is 14.0. The molecule has 0 unspecified atom stereocenters. The first-order chi connectivity index (χ1) is 10.7. The fraction of sp³-hybridized carbons (Fsp3) is 0.167. The molecule has 3 aromatic rings. The van der Waals surface area contributed by atoms with Gasteiger partial charge in [-0.3, -0.25) is 0 Å². The highest BCUT2D eigenvalue weighted by atomic mass is 16.5. The second-order valence-electron chi connectivity index (χ2n) is 4.93. The number of imidazole rings is 1. The molecule has 0 spiro atoms. The first-order valence-corrected chi connectivity index (χ1v) is 7.15. The van der Waals surface area contributed by atoms with Crippen molar-refractivity contribution in [3.05, 3.63) is 42.5 Å². The molecule has 3 rings (SSSR count). The Morgan fingerprint density at radius 2 is 2.00 bits per heavy atom. The van der Waals surface area contributed by atoms with Crippen LogP contribution in [0.1, 0.15) is 6.92 Å². The van der Waals surface area contributed by atoms with Crippen LogP contribution in [0.4, 0.5) is 5.69 Å². The summed E-state index contributed by atoms with van der Waals surface area (Å²) >= 11 is 0. The van der Waals surface area contributed by atoms with Gasteiger partial charge in [-0.05, 0) is 43.3 Å². The van der Waals surface area contributed by atoms with Crippen molar-refractivity contribution >= 4 is 16.7 Å². The Morgan fingerprint density at radius 1 is 1.23 bits per heavy atom. The molecule has 0 atom stereocenters. The van der Waals surface area contributed by atoms with Gasteiger partial charge in [-0.25, -0.2) is 4.98 Å². The molecule has 1 aromatic heterocycles. The molecule has 0 saturated heterocycles. The van der Waals surface area contributed by atoms with E-state index in [-0.39, 0.29) is 0 Å². The standard InChI is InChI=1S/C18H17N3O/c1-3-11-21-17-10-9-15(22-4-2)12-16(17)20-18(21)13-5-7-14(19)8-6-13/h1,5-10,12H,4,11,19H2,2H3. The Bertz CT molecular complexity index is 841. The predicted molar refractivity (Wildman–Crippen MR) is 89.6 cm³/mol. The lowest BCUT2D eigenvalue weighted by Gasteiger charge is -2.06. The van der Waals surface area contributed by atoms with Crippen LogP contribution >= 0.6 is 0 Å². The van der Waals surface area contributed by atoms with Crippen LogP contribution < -0.4 is 10.5 Å². The zero-order valence-electron chi connectivity index (χ0n) is 12.4. The van der Waals surface area contributed by atoms with E-state index in [0.717, 1.165) is 33.9 Å². The van der Waals surface area contributed by atoms with Crippen LogP contribution in [0.3, 0.4) is 0 Å². The summed E-state index contributed by atoms with van der Waals surface area (Å²) in [7, 11) is 0. The number of hydrogen-bond donors (Lipinski definition) is 1. The van der Waals surface area contributed by atoms with Crippen LogP contribution in [0, 0.1) is 12.3 Å². The molecule has 0 aliphatic rings. The maximum absolute atomic E-state index is 5.75. The lowest BCUT2D eigenvalue weighted by molar-refractivity contribution is 0.340. The minimum absolute atomic E-state index is 0.462. The van der Waals surface area contributed by atoms with Gasteiger partial charge in [-0.2, -0.15) is 0 Å². The van der Waals surface area contributed by atoms with Crippen molar-refractivity contribution in [2.45, 2.75) is 13.5 Å². The number of terminal acetylenes is 1. The van der Waals surface area contributed by atoms with Crippen LogP contribution in [0.5, 0.6) is 5.75 Å². The number of nitrogens with zero attached hydrogens (tertiary/aromatic N) is 2. The number of benzene rings is 2. The Hall–Kier alpha value is -2.93. The molecule has 0 aliphatic heterocycles. The zero-order chi connectivity index (χ0) is 15.5. The lowest BCUT2D eigenvalue weighted by atomic mass is 10.2. The summed E-state index contributed by atoms with van der Waals surface area (Å²) in [4.78, 5) is 4.72. The van der Waals surface area contributed by atoms with Crippen LogP contribution in [0.15, 0.2) is 42.5 Å². The number of rotatable bonds is 4. The topological polar surface area (TPSA) is 53.1 Å². The first-order valence-electron chi connectivity index (χ1n) is 7.15. The van der Waals surface area contributed by atoms with E-state index in [1.807, 2.05) is 54.0 Å². The molecule has 0 aliphatic carbocycles. The van der Waals surface area contributed by atoms with Gasteiger partial charge in [-0.15, -0.1) is 6.42 Å². The van der Waals surface area contributed by atoms with E-state index < -0.39 is 0 Å². The smallest absolute Gasteiger partial charge is 0.141 e. The molecule has 0 fully saturated rings. The quantitative estimate of drug-likeness (QED) is 0.592. The minimum atomic E-state index is 0.462. The summed E-state index contributed by atoms with van der Waals surface area (Å²) in [5.74, 6) is 4.33. The van der Waals surface area contributed by atoms with Crippen molar-refractivity contribution in [1.29, 1.82) is 0 Å². The summed E-state index contributed by atoms with van der Waals surface area (Å²) in [5.41, 5.74) is 9.32. The third-order valence-electron chi connectivity index (χ3n) is 3.45. The largest absolute Gasteiger partial charge is 0.494 e. The Kier molecular flexibility index (Phi) is 3.71. The second-order valence-corrected chi connectivity index (χ2v) is 4.93. The fourth-order valence-electron chi connectivity index (χ4n) is 2.47.